The summed E-state index contributed by atoms with van der Waals surface area (Å²) in [6.07, 6.45) is 19.4. The summed E-state index contributed by atoms with van der Waals surface area (Å²) in [6.45, 7) is 21.2. The SMILES string of the molecule is CCCCC(CC)C[O][Ce]([O]CC(CC)CCCC)([O]CC(CC)CCCC)[O]CC(CC)CCCC. The second kappa shape index (κ2) is 26.1. The zero-order chi connectivity index (χ0) is 27.8. The molecule has 0 aliphatic rings. The van der Waals surface area contributed by atoms with Crippen molar-refractivity contribution in [1.82, 2.24) is 0 Å². The summed E-state index contributed by atoms with van der Waals surface area (Å²) in [5, 5.41) is 0. The normalized spacial score (nSPS) is 16.9. The molecule has 0 saturated heterocycles. The number of unbranched alkanes of at least 4 members (excludes halogenated alkanes) is 4. The Morgan fingerprint density at radius 1 is 0.378 bits per heavy atom. The Bertz CT molecular complexity index is 390. The quantitative estimate of drug-likeness (QED) is 0.0840. The third-order valence-electron chi connectivity index (χ3n) is 8.16. The van der Waals surface area contributed by atoms with E-state index in [1.165, 1.54) is 77.0 Å². The van der Waals surface area contributed by atoms with Crippen LogP contribution in [0.5, 0.6) is 0 Å². The van der Waals surface area contributed by atoms with Gasteiger partial charge in [0.05, 0.1) is 0 Å². The Labute approximate surface area is 246 Å². The van der Waals surface area contributed by atoms with Crippen molar-refractivity contribution in [3.05, 3.63) is 0 Å². The average Bonchev–Trinajstić information content (AvgIpc) is 2.93. The fourth-order valence-corrected chi connectivity index (χ4v) is 11.8. The summed E-state index contributed by atoms with van der Waals surface area (Å²) in [5.74, 6) is 2.23. The van der Waals surface area contributed by atoms with Crippen LogP contribution in [0, 0.1) is 59.4 Å². The first-order valence-electron chi connectivity index (χ1n) is 16.5. The van der Waals surface area contributed by atoms with Crippen LogP contribution in [-0.2, 0) is 3.81 Å². The predicted molar refractivity (Wildman–Crippen MR) is 157 cm³/mol. The third-order valence-corrected chi connectivity index (χ3v) is 14.7. The van der Waals surface area contributed by atoms with Crippen LogP contribution in [0.1, 0.15) is 158 Å². The van der Waals surface area contributed by atoms with Crippen LogP contribution < -0.4 is 0 Å². The fourth-order valence-electron chi connectivity index (χ4n) is 4.72. The molecule has 4 atom stereocenters. The van der Waals surface area contributed by atoms with Crippen LogP contribution in [0.4, 0.5) is 0 Å². The van der Waals surface area contributed by atoms with Crippen molar-refractivity contribution in [3.63, 3.8) is 0 Å². The zero-order valence-corrected chi connectivity index (χ0v) is 29.7. The molecule has 0 radical (unpaired) electrons. The molecule has 0 amide bonds. The molecular formula is C32H68CeO4. The van der Waals surface area contributed by atoms with Crippen LogP contribution >= 0.6 is 0 Å². The van der Waals surface area contributed by atoms with E-state index in [1.807, 2.05) is 0 Å². The summed E-state index contributed by atoms with van der Waals surface area (Å²) in [4.78, 5) is 0. The molecule has 0 saturated carbocycles. The van der Waals surface area contributed by atoms with Gasteiger partial charge < -0.3 is 0 Å². The van der Waals surface area contributed by atoms with Gasteiger partial charge in [-0.05, 0) is 0 Å². The molecule has 37 heavy (non-hydrogen) atoms. The Hall–Kier alpha value is 1.22. The Morgan fingerprint density at radius 3 is 0.757 bits per heavy atom. The predicted octanol–water partition coefficient (Wildman–Crippen LogP) is 10.7. The molecule has 0 fully saturated rings. The van der Waals surface area contributed by atoms with Gasteiger partial charge in [0.2, 0.25) is 0 Å². The van der Waals surface area contributed by atoms with Crippen molar-refractivity contribution in [2.75, 3.05) is 26.4 Å². The Morgan fingerprint density at radius 2 is 0.595 bits per heavy atom. The second-order valence-corrected chi connectivity index (χ2v) is 18.2. The van der Waals surface area contributed by atoms with Crippen molar-refractivity contribution in [2.24, 2.45) is 23.7 Å². The van der Waals surface area contributed by atoms with Crippen LogP contribution in [0.15, 0.2) is 0 Å². The molecule has 4 nitrogen and oxygen atoms in total. The second-order valence-electron chi connectivity index (χ2n) is 11.4. The third kappa shape index (κ3) is 19.1. The molecule has 0 aliphatic heterocycles. The van der Waals surface area contributed by atoms with E-state index < -0.39 is 35.8 Å². The van der Waals surface area contributed by atoms with E-state index in [0.29, 0.717) is 23.7 Å². The Kier molecular flexibility index (Phi) is 27.0. The zero-order valence-electron chi connectivity index (χ0n) is 26.6. The number of rotatable bonds is 28. The van der Waals surface area contributed by atoms with Gasteiger partial charge in [0.1, 0.15) is 0 Å². The molecule has 5 heteroatoms. The van der Waals surface area contributed by atoms with Crippen molar-refractivity contribution in [1.29, 1.82) is 0 Å². The monoisotopic (exact) mass is 656 g/mol. The van der Waals surface area contributed by atoms with E-state index in [2.05, 4.69) is 55.4 Å². The van der Waals surface area contributed by atoms with Crippen molar-refractivity contribution < 1.29 is 39.6 Å². The molecule has 0 aromatic rings. The molecular weight excluding hydrogens is 588 g/mol. The first kappa shape index (κ1) is 38.2. The van der Waals surface area contributed by atoms with Gasteiger partial charge in [0, 0.05) is 0 Å². The molecule has 224 valence electrons. The summed E-state index contributed by atoms with van der Waals surface area (Å²) >= 11 is -4.40. The van der Waals surface area contributed by atoms with Gasteiger partial charge in [-0.3, -0.25) is 0 Å². The van der Waals surface area contributed by atoms with E-state index >= 15 is 0 Å². The van der Waals surface area contributed by atoms with Gasteiger partial charge in [-0.15, -0.1) is 0 Å². The van der Waals surface area contributed by atoms with Crippen molar-refractivity contribution >= 4 is 0 Å². The minimum absolute atomic E-state index is 0.557. The van der Waals surface area contributed by atoms with Crippen LogP contribution in [0.25, 0.3) is 0 Å². The molecule has 0 N–H and O–H groups in total. The first-order chi connectivity index (χ1) is 18.0. The number of hydrogen-bond acceptors (Lipinski definition) is 4. The fraction of sp³-hybridized carbons (Fsp3) is 1.00. The number of hydrogen-bond donors (Lipinski definition) is 0. The molecule has 0 rings (SSSR count). The molecule has 0 aromatic carbocycles. The standard InChI is InChI=1S/4C8H17O.Ce/c4*1-3-5-6-8(4-2)7-9;/h4*8H,3-7H2,1-2H3;/q4*-1;+4. The van der Waals surface area contributed by atoms with E-state index in [9.17, 15) is 0 Å². The van der Waals surface area contributed by atoms with E-state index in [1.54, 1.807) is 0 Å². The molecule has 0 heterocycles. The Balaban J connectivity index is 5.79. The van der Waals surface area contributed by atoms with Crippen LogP contribution in [-0.4, -0.2) is 26.4 Å². The summed E-state index contributed by atoms with van der Waals surface area (Å²) in [6, 6.07) is 0. The molecule has 0 aromatic heterocycles. The summed E-state index contributed by atoms with van der Waals surface area (Å²) < 4.78 is 27.3. The summed E-state index contributed by atoms with van der Waals surface area (Å²) in [5.41, 5.74) is 0. The summed E-state index contributed by atoms with van der Waals surface area (Å²) in [7, 11) is 0. The van der Waals surface area contributed by atoms with E-state index in [-0.39, 0.29) is 0 Å². The molecule has 4 unspecified atom stereocenters. The topological polar surface area (TPSA) is 36.9 Å². The maximum atomic E-state index is 6.83. The van der Waals surface area contributed by atoms with Gasteiger partial charge in [-0.2, -0.15) is 0 Å². The molecule has 0 bridgehead atoms. The van der Waals surface area contributed by atoms with Crippen LogP contribution in [0.3, 0.4) is 0 Å². The maximum absolute atomic E-state index is 6.83. The average molecular weight is 657 g/mol. The van der Waals surface area contributed by atoms with Crippen molar-refractivity contribution in [3.8, 4) is 0 Å². The first-order valence-corrected chi connectivity index (χ1v) is 21.7. The minimum atomic E-state index is -4.40. The van der Waals surface area contributed by atoms with Gasteiger partial charge in [-0.25, -0.2) is 0 Å². The van der Waals surface area contributed by atoms with Gasteiger partial charge in [-0.1, -0.05) is 0 Å². The van der Waals surface area contributed by atoms with Gasteiger partial charge >= 0.3 is 248 Å². The van der Waals surface area contributed by atoms with Gasteiger partial charge in [0.15, 0.2) is 0 Å². The molecule has 0 spiro atoms. The van der Waals surface area contributed by atoms with Crippen LogP contribution in [0.2, 0.25) is 0 Å². The van der Waals surface area contributed by atoms with Crippen molar-refractivity contribution in [2.45, 2.75) is 158 Å². The van der Waals surface area contributed by atoms with Gasteiger partial charge in [0.25, 0.3) is 0 Å². The van der Waals surface area contributed by atoms with E-state index in [4.69, 9.17) is 3.81 Å². The van der Waals surface area contributed by atoms with E-state index in [0.717, 1.165) is 52.1 Å². The molecule has 0 aliphatic carbocycles.